The fraction of sp³-hybridized carbons (Fsp3) is 0.667. The lowest BCUT2D eigenvalue weighted by Crippen LogP contribution is -2.50. The van der Waals surface area contributed by atoms with E-state index in [0.717, 1.165) is 0 Å². The highest BCUT2D eigenvalue weighted by atomic mass is 16.4. The highest BCUT2D eigenvalue weighted by Crippen LogP contribution is 1.94. The summed E-state index contributed by atoms with van der Waals surface area (Å²) in [5, 5.41) is 36.1. The van der Waals surface area contributed by atoms with E-state index in [2.05, 4.69) is 5.32 Å². The highest BCUT2D eigenvalue weighted by Gasteiger charge is 2.31. The Balaban J connectivity index is 4.24. The van der Waals surface area contributed by atoms with Gasteiger partial charge in [0.1, 0.15) is 6.04 Å². The molecule has 7 heteroatoms. The van der Waals surface area contributed by atoms with E-state index in [-0.39, 0.29) is 13.2 Å². The molecule has 0 aliphatic rings. The molecule has 2 unspecified atom stereocenters. The first-order valence-corrected chi connectivity index (χ1v) is 3.48. The van der Waals surface area contributed by atoms with Crippen LogP contribution < -0.4 is 5.32 Å². The Kier molecular flexibility index (Phi) is 4.97. The van der Waals surface area contributed by atoms with Crippen LogP contribution in [0, 0.1) is 0 Å². The van der Waals surface area contributed by atoms with Gasteiger partial charge in [-0.05, 0) is 0 Å². The fourth-order valence-corrected chi connectivity index (χ4v) is 0.697. The van der Waals surface area contributed by atoms with Crippen molar-refractivity contribution in [2.45, 2.75) is 12.1 Å². The lowest BCUT2D eigenvalue weighted by molar-refractivity contribution is -0.156. The van der Waals surface area contributed by atoms with E-state index in [4.69, 9.17) is 20.4 Å². The number of rotatable bonds is 6. The maximum atomic E-state index is 10.4. The van der Waals surface area contributed by atoms with Gasteiger partial charge in [0, 0.05) is 6.54 Å². The van der Waals surface area contributed by atoms with Crippen molar-refractivity contribution in [3.8, 4) is 0 Å². The van der Waals surface area contributed by atoms with E-state index < -0.39 is 24.1 Å². The summed E-state index contributed by atoms with van der Waals surface area (Å²) in [5.74, 6) is -3.11. The van der Waals surface area contributed by atoms with Gasteiger partial charge in [0.2, 0.25) is 0 Å². The van der Waals surface area contributed by atoms with Crippen LogP contribution in [-0.2, 0) is 9.59 Å². The quantitative estimate of drug-likeness (QED) is 0.314. The van der Waals surface area contributed by atoms with Crippen molar-refractivity contribution in [3.05, 3.63) is 0 Å². The average molecular weight is 193 g/mol. The standard InChI is InChI=1S/C6H11NO6/c8-2-1-7-3(5(10)11)4(9)6(12)13/h3-4,7-9H,1-2H2,(H,10,11)(H,12,13). The first-order chi connectivity index (χ1) is 6.00. The van der Waals surface area contributed by atoms with Crippen molar-refractivity contribution in [2.75, 3.05) is 13.2 Å². The summed E-state index contributed by atoms with van der Waals surface area (Å²) in [6, 6.07) is -1.61. The minimum absolute atomic E-state index is 0.0959. The van der Waals surface area contributed by atoms with E-state index in [1.807, 2.05) is 0 Å². The second kappa shape index (κ2) is 5.46. The van der Waals surface area contributed by atoms with Gasteiger partial charge < -0.3 is 20.4 Å². The van der Waals surface area contributed by atoms with E-state index >= 15 is 0 Å². The molecule has 0 bridgehead atoms. The van der Waals surface area contributed by atoms with Crippen molar-refractivity contribution in [1.82, 2.24) is 5.32 Å². The van der Waals surface area contributed by atoms with Crippen LogP contribution in [0.3, 0.4) is 0 Å². The fourth-order valence-electron chi connectivity index (χ4n) is 0.697. The second-order valence-electron chi connectivity index (χ2n) is 2.28. The third kappa shape index (κ3) is 3.83. The van der Waals surface area contributed by atoms with Gasteiger partial charge in [0.15, 0.2) is 6.10 Å². The number of carboxylic acid groups (broad SMARTS) is 2. The van der Waals surface area contributed by atoms with E-state index in [1.165, 1.54) is 0 Å². The van der Waals surface area contributed by atoms with Crippen LogP contribution in [-0.4, -0.2) is 57.7 Å². The molecule has 0 amide bonds. The molecule has 0 heterocycles. The Morgan fingerprint density at radius 2 is 1.77 bits per heavy atom. The van der Waals surface area contributed by atoms with Crippen LogP contribution in [0.25, 0.3) is 0 Å². The van der Waals surface area contributed by atoms with Crippen LogP contribution in [0.4, 0.5) is 0 Å². The lowest BCUT2D eigenvalue weighted by atomic mass is 10.1. The van der Waals surface area contributed by atoms with Crippen molar-refractivity contribution in [2.24, 2.45) is 0 Å². The van der Waals surface area contributed by atoms with E-state index in [1.54, 1.807) is 0 Å². The van der Waals surface area contributed by atoms with Crippen molar-refractivity contribution >= 4 is 11.9 Å². The summed E-state index contributed by atoms with van der Waals surface area (Å²) in [5.41, 5.74) is 0. The molecule has 0 aliphatic heterocycles. The maximum Gasteiger partial charge on any atom is 0.334 e. The minimum Gasteiger partial charge on any atom is -0.480 e. The number of aliphatic hydroxyl groups excluding tert-OH is 2. The molecular weight excluding hydrogens is 182 g/mol. The second-order valence-corrected chi connectivity index (χ2v) is 2.28. The molecule has 2 atom stereocenters. The smallest absolute Gasteiger partial charge is 0.334 e. The van der Waals surface area contributed by atoms with Crippen molar-refractivity contribution in [1.29, 1.82) is 0 Å². The zero-order chi connectivity index (χ0) is 10.4. The number of carbonyl (C=O) groups is 2. The number of carboxylic acids is 2. The Bertz CT molecular complexity index is 194. The molecule has 76 valence electrons. The Morgan fingerprint density at radius 1 is 1.23 bits per heavy atom. The summed E-state index contributed by atoms with van der Waals surface area (Å²) in [6.07, 6.45) is -2.02. The van der Waals surface area contributed by atoms with Gasteiger partial charge in [0.05, 0.1) is 6.61 Å². The highest BCUT2D eigenvalue weighted by molar-refractivity contribution is 5.84. The van der Waals surface area contributed by atoms with Crippen molar-refractivity contribution in [3.63, 3.8) is 0 Å². The summed E-state index contributed by atoms with van der Waals surface area (Å²) in [7, 11) is 0. The summed E-state index contributed by atoms with van der Waals surface area (Å²) >= 11 is 0. The van der Waals surface area contributed by atoms with Crippen LogP contribution in [0.1, 0.15) is 0 Å². The van der Waals surface area contributed by atoms with Gasteiger partial charge >= 0.3 is 11.9 Å². The third-order valence-corrected chi connectivity index (χ3v) is 1.31. The molecule has 0 aromatic rings. The molecule has 0 spiro atoms. The summed E-state index contributed by atoms with van der Waals surface area (Å²) < 4.78 is 0. The average Bonchev–Trinajstić information content (AvgIpc) is 2.04. The van der Waals surface area contributed by atoms with Gasteiger partial charge in [-0.15, -0.1) is 0 Å². The molecule has 0 radical (unpaired) electrons. The molecule has 13 heavy (non-hydrogen) atoms. The zero-order valence-electron chi connectivity index (χ0n) is 6.67. The number of hydrogen-bond donors (Lipinski definition) is 5. The first kappa shape index (κ1) is 11.8. The van der Waals surface area contributed by atoms with Gasteiger partial charge in [-0.1, -0.05) is 0 Å². The molecular formula is C6H11NO6. The molecule has 0 aromatic heterocycles. The predicted molar refractivity (Wildman–Crippen MR) is 40.2 cm³/mol. The van der Waals surface area contributed by atoms with Crippen LogP contribution >= 0.6 is 0 Å². The number of hydrogen-bond acceptors (Lipinski definition) is 5. The molecule has 0 fully saturated rings. The Labute approximate surface area is 73.6 Å². The molecule has 0 aromatic carbocycles. The SMILES string of the molecule is O=C(O)C(O)C(NCCO)C(=O)O. The monoisotopic (exact) mass is 193 g/mol. The topological polar surface area (TPSA) is 127 Å². The Hall–Kier alpha value is -1.18. The predicted octanol–water partition coefficient (Wildman–Crippen LogP) is -2.53. The Morgan fingerprint density at radius 3 is 2.08 bits per heavy atom. The summed E-state index contributed by atoms with van der Waals surface area (Å²) in [6.45, 7) is -0.433. The van der Waals surface area contributed by atoms with Gasteiger partial charge in [-0.3, -0.25) is 10.1 Å². The van der Waals surface area contributed by atoms with Gasteiger partial charge in [-0.2, -0.15) is 0 Å². The molecule has 5 N–H and O–H groups in total. The normalized spacial score (nSPS) is 14.9. The van der Waals surface area contributed by atoms with Crippen LogP contribution in [0.15, 0.2) is 0 Å². The van der Waals surface area contributed by atoms with E-state index in [9.17, 15) is 9.59 Å². The molecule has 0 rings (SSSR count). The van der Waals surface area contributed by atoms with Gasteiger partial charge in [-0.25, -0.2) is 4.79 Å². The van der Waals surface area contributed by atoms with Gasteiger partial charge in [0.25, 0.3) is 0 Å². The van der Waals surface area contributed by atoms with Crippen LogP contribution in [0.5, 0.6) is 0 Å². The maximum absolute atomic E-state index is 10.4. The van der Waals surface area contributed by atoms with Crippen molar-refractivity contribution < 1.29 is 30.0 Å². The lowest BCUT2D eigenvalue weighted by Gasteiger charge is -2.16. The van der Waals surface area contributed by atoms with E-state index in [0.29, 0.717) is 0 Å². The molecule has 0 saturated carbocycles. The first-order valence-electron chi connectivity index (χ1n) is 3.48. The zero-order valence-corrected chi connectivity index (χ0v) is 6.67. The number of nitrogens with one attached hydrogen (secondary N) is 1. The molecule has 7 nitrogen and oxygen atoms in total. The third-order valence-electron chi connectivity index (χ3n) is 1.31. The molecule has 0 saturated heterocycles. The van der Waals surface area contributed by atoms with Crippen LogP contribution in [0.2, 0.25) is 0 Å². The number of aliphatic carboxylic acids is 2. The molecule has 0 aliphatic carbocycles. The largest absolute Gasteiger partial charge is 0.480 e. The summed E-state index contributed by atoms with van der Waals surface area (Å²) in [4.78, 5) is 20.6. The minimum atomic E-state index is -2.02. The number of aliphatic hydroxyl groups is 2.